The molecule has 4 rings (SSSR count). The van der Waals surface area contributed by atoms with E-state index in [-0.39, 0.29) is 30.0 Å². The third kappa shape index (κ3) is 4.19. The maximum atomic E-state index is 13.4. The molecule has 1 aliphatic carbocycles. The molecule has 0 saturated carbocycles. The summed E-state index contributed by atoms with van der Waals surface area (Å²) >= 11 is 5.96. The summed E-state index contributed by atoms with van der Waals surface area (Å²) in [6, 6.07) is 6.95. The first-order valence-corrected chi connectivity index (χ1v) is 10.8. The average Bonchev–Trinajstić information content (AvgIpc) is 2.73. The quantitative estimate of drug-likeness (QED) is 0.622. The number of carbonyl (C=O) groups excluding carboxylic acids is 1. The Balaban J connectivity index is 1.95. The van der Waals surface area contributed by atoms with Crippen LogP contribution in [0.25, 0.3) is 11.2 Å². The second-order valence-electron chi connectivity index (χ2n) is 9.06. The van der Waals surface area contributed by atoms with Crippen molar-refractivity contribution < 1.29 is 4.79 Å². The summed E-state index contributed by atoms with van der Waals surface area (Å²) in [4.78, 5) is 48.7. The fourth-order valence-corrected chi connectivity index (χ4v) is 3.82. The van der Waals surface area contributed by atoms with Crippen LogP contribution in [0.5, 0.6) is 0 Å². The van der Waals surface area contributed by atoms with Gasteiger partial charge in [0.15, 0.2) is 16.9 Å². The van der Waals surface area contributed by atoms with E-state index >= 15 is 0 Å². The van der Waals surface area contributed by atoms with E-state index in [0.717, 1.165) is 47.2 Å². The normalized spacial score (nSPS) is 13.9. The number of rotatable bonds is 4. The van der Waals surface area contributed by atoms with Crippen LogP contribution < -0.4 is 11.2 Å². The highest BCUT2D eigenvalue weighted by Crippen LogP contribution is 2.21. The Kier molecular flexibility index (Phi) is 5.56. The summed E-state index contributed by atoms with van der Waals surface area (Å²) in [7, 11) is 0. The zero-order chi connectivity index (χ0) is 22.3. The SMILES string of the molecule is CC(C)(C)C(=O)Cn1c(=O)n(Cc2ccc(Cl)cc2)c(=O)c2nc3c(nc21)CCCC3. The van der Waals surface area contributed by atoms with Crippen molar-refractivity contribution in [3.05, 3.63) is 67.1 Å². The van der Waals surface area contributed by atoms with Crippen LogP contribution in [0.15, 0.2) is 33.9 Å². The standard InChI is InChI=1S/C23H25ClN4O3/c1-23(2,3)18(29)13-27-20-19(25-16-6-4-5-7-17(16)26-20)21(30)28(22(27)31)12-14-8-10-15(24)11-9-14/h8-11H,4-7,12-13H2,1-3H3. The van der Waals surface area contributed by atoms with Gasteiger partial charge in [0.2, 0.25) is 0 Å². The molecule has 0 radical (unpaired) electrons. The van der Waals surface area contributed by atoms with E-state index < -0.39 is 16.7 Å². The molecule has 3 aromatic rings. The van der Waals surface area contributed by atoms with Crippen LogP contribution in [-0.4, -0.2) is 24.9 Å². The predicted molar refractivity (Wildman–Crippen MR) is 120 cm³/mol. The van der Waals surface area contributed by atoms with E-state index in [2.05, 4.69) is 9.97 Å². The number of halogens is 1. The van der Waals surface area contributed by atoms with Gasteiger partial charge in [0, 0.05) is 10.4 Å². The van der Waals surface area contributed by atoms with E-state index in [1.807, 2.05) is 0 Å². The molecule has 0 N–H and O–H groups in total. The van der Waals surface area contributed by atoms with Crippen molar-refractivity contribution in [1.82, 2.24) is 19.1 Å². The van der Waals surface area contributed by atoms with Crippen molar-refractivity contribution >= 4 is 28.5 Å². The molecule has 1 aliphatic rings. The lowest BCUT2D eigenvalue weighted by Crippen LogP contribution is -2.43. The zero-order valence-electron chi connectivity index (χ0n) is 17.9. The van der Waals surface area contributed by atoms with Crippen LogP contribution in [0.4, 0.5) is 0 Å². The molecule has 31 heavy (non-hydrogen) atoms. The van der Waals surface area contributed by atoms with Crippen LogP contribution in [0.2, 0.25) is 5.02 Å². The van der Waals surface area contributed by atoms with Gasteiger partial charge in [0.05, 0.1) is 24.5 Å². The van der Waals surface area contributed by atoms with E-state index in [1.165, 1.54) is 4.57 Å². The Hall–Kier alpha value is -2.80. The first-order chi connectivity index (χ1) is 14.6. The van der Waals surface area contributed by atoms with Gasteiger partial charge in [-0.3, -0.25) is 18.7 Å². The molecule has 0 amide bonds. The molecular formula is C23H25ClN4O3. The van der Waals surface area contributed by atoms with Crippen molar-refractivity contribution in [1.29, 1.82) is 0 Å². The summed E-state index contributed by atoms with van der Waals surface area (Å²) < 4.78 is 2.44. The lowest BCUT2D eigenvalue weighted by molar-refractivity contribution is -0.126. The maximum absolute atomic E-state index is 13.4. The van der Waals surface area contributed by atoms with E-state index in [1.54, 1.807) is 45.0 Å². The van der Waals surface area contributed by atoms with E-state index in [9.17, 15) is 14.4 Å². The van der Waals surface area contributed by atoms with Gasteiger partial charge in [-0.15, -0.1) is 0 Å². The molecular weight excluding hydrogens is 416 g/mol. The molecule has 1 aromatic carbocycles. The van der Waals surface area contributed by atoms with Gasteiger partial charge in [-0.25, -0.2) is 14.8 Å². The van der Waals surface area contributed by atoms with Crippen molar-refractivity contribution in [2.45, 2.75) is 59.5 Å². The number of benzene rings is 1. The third-order valence-corrected chi connectivity index (χ3v) is 5.92. The maximum Gasteiger partial charge on any atom is 0.333 e. The Labute approximate surface area is 184 Å². The Morgan fingerprint density at radius 1 is 1.00 bits per heavy atom. The van der Waals surface area contributed by atoms with Crippen molar-refractivity contribution in [3.63, 3.8) is 0 Å². The molecule has 0 unspecified atom stereocenters. The molecule has 0 saturated heterocycles. The van der Waals surface area contributed by atoms with Gasteiger partial charge in [0.1, 0.15) is 0 Å². The average molecular weight is 441 g/mol. The Bertz CT molecular complexity index is 1280. The number of fused-ring (bicyclic) bond motifs is 2. The highest BCUT2D eigenvalue weighted by molar-refractivity contribution is 6.30. The number of ketones is 1. The monoisotopic (exact) mass is 440 g/mol. The topological polar surface area (TPSA) is 86.9 Å². The number of nitrogens with zero attached hydrogens (tertiary/aromatic N) is 4. The van der Waals surface area contributed by atoms with Crippen LogP contribution >= 0.6 is 11.6 Å². The predicted octanol–water partition coefficient (Wildman–Crippen LogP) is 3.15. The number of hydrogen-bond donors (Lipinski definition) is 0. The van der Waals surface area contributed by atoms with Crippen molar-refractivity contribution in [2.75, 3.05) is 0 Å². The Morgan fingerprint density at radius 2 is 1.61 bits per heavy atom. The fraction of sp³-hybridized carbons (Fsp3) is 0.435. The highest BCUT2D eigenvalue weighted by atomic mass is 35.5. The molecule has 2 heterocycles. The number of carbonyl (C=O) groups is 1. The Morgan fingerprint density at radius 3 is 2.23 bits per heavy atom. The zero-order valence-corrected chi connectivity index (χ0v) is 18.7. The van der Waals surface area contributed by atoms with Crippen LogP contribution in [-0.2, 0) is 30.7 Å². The second kappa shape index (κ2) is 8.04. The first-order valence-electron chi connectivity index (χ1n) is 10.5. The summed E-state index contributed by atoms with van der Waals surface area (Å²) in [6.45, 7) is 5.32. The van der Waals surface area contributed by atoms with Gasteiger partial charge in [0.25, 0.3) is 5.56 Å². The molecule has 8 heteroatoms. The molecule has 0 aliphatic heterocycles. The minimum absolute atomic E-state index is 0.0627. The molecule has 7 nitrogen and oxygen atoms in total. The number of aryl methyl sites for hydroxylation is 2. The summed E-state index contributed by atoms with van der Waals surface area (Å²) in [5.41, 5.74) is 1.01. The van der Waals surface area contributed by atoms with Crippen molar-refractivity contribution in [3.8, 4) is 0 Å². The third-order valence-electron chi connectivity index (χ3n) is 5.67. The van der Waals surface area contributed by atoms with Gasteiger partial charge >= 0.3 is 5.69 Å². The first kappa shape index (κ1) is 21.4. The second-order valence-corrected chi connectivity index (χ2v) is 9.49. The number of hydrogen-bond acceptors (Lipinski definition) is 5. The lowest BCUT2D eigenvalue weighted by Gasteiger charge is -2.20. The van der Waals surface area contributed by atoms with Gasteiger partial charge in [-0.05, 0) is 43.4 Å². The van der Waals surface area contributed by atoms with E-state index in [4.69, 9.17) is 11.6 Å². The minimum Gasteiger partial charge on any atom is -0.297 e. The van der Waals surface area contributed by atoms with Crippen LogP contribution in [0.3, 0.4) is 0 Å². The lowest BCUT2D eigenvalue weighted by atomic mass is 9.91. The minimum atomic E-state index is -0.634. The largest absolute Gasteiger partial charge is 0.333 e. The van der Waals surface area contributed by atoms with Crippen LogP contribution in [0.1, 0.15) is 50.6 Å². The van der Waals surface area contributed by atoms with Crippen LogP contribution in [0, 0.1) is 5.41 Å². The fourth-order valence-electron chi connectivity index (χ4n) is 3.70. The highest BCUT2D eigenvalue weighted by Gasteiger charge is 2.26. The molecule has 0 spiro atoms. The summed E-state index contributed by atoms with van der Waals surface area (Å²) in [5.74, 6) is -0.118. The summed E-state index contributed by atoms with van der Waals surface area (Å²) in [6.07, 6.45) is 3.50. The molecule has 0 bridgehead atoms. The molecule has 162 valence electrons. The number of aromatic nitrogens is 4. The van der Waals surface area contributed by atoms with Gasteiger partial charge in [-0.1, -0.05) is 44.5 Å². The van der Waals surface area contributed by atoms with Gasteiger partial charge < -0.3 is 0 Å². The molecule has 0 fully saturated rings. The summed E-state index contributed by atoms with van der Waals surface area (Å²) in [5, 5.41) is 0.570. The number of Topliss-reactive ketones (excluding diaryl/α,β-unsaturated/α-hetero) is 1. The molecule has 0 atom stereocenters. The van der Waals surface area contributed by atoms with Crippen molar-refractivity contribution in [2.24, 2.45) is 5.41 Å². The smallest absolute Gasteiger partial charge is 0.297 e. The van der Waals surface area contributed by atoms with E-state index in [0.29, 0.717) is 5.02 Å². The van der Waals surface area contributed by atoms with Gasteiger partial charge in [-0.2, -0.15) is 0 Å². The molecule has 2 aromatic heterocycles.